The molecule has 1 amide bonds. The summed E-state index contributed by atoms with van der Waals surface area (Å²) in [7, 11) is 1.55. The number of hydrogen-bond acceptors (Lipinski definition) is 9. The predicted octanol–water partition coefficient (Wildman–Crippen LogP) is 3.16. The van der Waals surface area contributed by atoms with Gasteiger partial charge in [0.05, 0.1) is 13.7 Å². The molecule has 0 aliphatic heterocycles. The van der Waals surface area contributed by atoms with Crippen LogP contribution in [0.2, 0.25) is 0 Å². The van der Waals surface area contributed by atoms with Crippen molar-refractivity contribution in [2.24, 2.45) is 4.99 Å². The number of benzene rings is 1. The van der Waals surface area contributed by atoms with Crippen molar-refractivity contribution in [1.82, 2.24) is 24.7 Å². The van der Waals surface area contributed by atoms with Gasteiger partial charge in [-0.1, -0.05) is 20.8 Å². The molecular formula is C27H39ClN6O6. The van der Waals surface area contributed by atoms with Gasteiger partial charge >= 0.3 is 6.09 Å². The molecular weight excluding hydrogens is 540 g/mol. The van der Waals surface area contributed by atoms with Crippen LogP contribution in [0.15, 0.2) is 17.1 Å². The molecule has 2 N–H and O–H groups in total. The van der Waals surface area contributed by atoms with Crippen LogP contribution in [-0.4, -0.2) is 69.8 Å². The fraction of sp³-hybridized carbons (Fsp3) is 0.519. The fourth-order valence-electron chi connectivity index (χ4n) is 4.01. The lowest BCUT2D eigenvalue weighted by molar-refractivity contribution is 0.0965. The number of fused-ring (bicyclic) bond motifs is 1. The van der Waals surface area contributed by atoms with Gasteiger partial charge in [0.25, 0.3) is 0 Å². The van der Waals surface area contributed by atoms with Crippen LogP contribution >= 0.6 is 12.4 Å². The van der Waals surface area contributed by atoms with Crippen molar-refractivity contribution < 1.29 is 28.9 Å². The number of aliphatic hydroxyl groups excluding tert-OH is 1. The van der Waals surface area contributed by atoms with Gasteiger partial charge < -0.3 is 24.6 Å². The van der Waals surface area contributed by atoms with Gasteiger partial charge in [-0.15, -0.1) is 22.6 Å². The largest absolute Gasteiger partial charge is 0.493 e. The quantitative estimate of drug-likeness (QED) is 0.349. The van der Waals surface area contributed by atoms with E-state index in [2.05, 4.69) is 20.5 Å². The van der Waals surface area contributed by atoms with Gasteiger partial charge in [0.15, 0.2) is 22.9 Å². The van der Waals surface area contributed by atoms with E-state index in [1.807, 2.05) is 34.6 Å². The molecule has 1 aromatic carbocycles. The molecule has 0 radical (unpaired) electrons. The molecule has 3 aromatic rings. The first-order chi connectivity index (χ1) is 18.5. The summed E-state index contributed by atoms with van der Waals surface area (Å²) in [5, 5.41) is 21.0. The number of carbonyl (C=O) groups is 2. The summed E-state index contributed by atoms with van der Waals surface area (Å²) in [6.45, 7) is 13.9. The third-order valence-corrected chi connectivity index (χ3v) is 6.09. The second kappa shape index (κ2) is 13.6. The molecule has 0 unspecified atom stereocenters. The Bertz CT molecular complexity index is 1440. The molecule has 2 heterocycles. The third kappa shape index (κ3) is 6.92. The summed E-state index contributed by atoms with van der Waals surface area (Å²) in [6, 6.07) is 3.41. The van der Waals surface area contributed by atoms with E-state index in [1.165, 1.54) is 9.20 Å². The molecule has 13 heteroatoms. The highest BCUT2D eigenvalue weighted by atomic mass is 35.5. The molecule has 40 heavy (non-hydrogen) atoms. The number of aliphatic hydroxyl groups is 1. The minimum absolute atomic E-state index is 0. The molecule has 0 atom stereocenters. The summed E-state index contributed by atoms with van der Waals surface area (Å²) in [5.74, 6) is 0.793. The average molecular weight is 579 g/mol. The van der Waals surface area contributed by atoms with Crippen LogP contribution < -0.4 is 25.1 Å². The number of carbonyl (C=O) groups excluding carboxylic acids is 2. The second-order valence-electron chi connectivity index (χ2n) is 9.94. The molecule has 12 nitrogen and oxygen atoms in total. The molecule has 3 rings (SSSR count). The number of aromatic nitrogens is 4. The lowest BCUT2D eigenvalue weighted by Crippen LogP contribution is -2.30. The van der Waals surface area contributed by atoms with Crippen molar-refractivity contribution in [3.63, 3.8) is 0 Å². The highest BCUT2D eigenvalue weighted by molar-refractivity contribution is 5.97. The Morgan fingerprint density at radius 2 is 1.82 bits per heavy atom. The summed E-state index contributed by atoms with van der Waals surface area (Å²) in [5.41, 5.74) is 3.07. The van der Waals surface area contributed by atoms with Gasteiger partial charge in [-0.2, -0.15) is 4.52 Å². The molecule has 2 aromatic heterocycles. The minimum atomic E-state index is -0.614. The van der Waals surface area contributed by atoms with Crippen LogP contribution in [0, 0.1) is 13.8 Å². The lowest BCUT2D eigenvalue weighted by Gasteiger charge is -2.25. The van der Waals surface area contributed by atoms with Crippen molar-refractivity contribution in [3.8, 4) is 17.4 Å². The van der Waals surface area contributed by atoms with E-state index < -0.39 is 6.09 Å². The number of aryl methyl sites for hydroxylation is 1. The van der Waals surface area contributed by atoms with Crippen LogP contribution in [-0.2, 0) is 12.0 Å². The Balaban J connectivity index is 0.00000560. The third-order valence-electron chi connectivity index (χ3n) is 6.09. The monoisotopic (exact) mass is 578 g/mol. The van der Waals surface area contributed by atoms with E-state index in [0.717, 1.165) is 11.1 Å². The maximum Gasteiger partial charge on any atom is 0.413 e. The number of amides is 1. The molecule has 0 saturated heterocycles. The number of ether oxygens (including phenoxy) is 3. The Hall–Kier alpha value is -3.64. The number of ketones is 1. The number of rotatable bonds is 10. The van der Waals surface area contributed by atoms with Crippen molar-refractivity contribution in [1.29, 1.82) is 0 Å². The van der Waals surface area contributed by atoms with Crippen LogP contribution in [0.5, 0.6) is 17.4 Å². The fourth-order valence-corrected chi connectivity index (χ4v) is 4.01. The first kappa shape index (κ1) is 32.6. The maximum atomic E-state index is 13.6. The Morgan fingerprint density at radius 1 is 1.12 bits per heavy atom. The first-order valence-corrected chi connectivity index (χ1v) is 12.9. The zero-order chi connectivity index (χ0) is 28.9. The zero-order valence-electron chi connectivity index (χ0n) is 24.3. The van der Waals surface area contributed by atoms with E-state index >= 15 is 0 Å². The number of methoxy groups -OCH3 is 1. The van der Waals surface area contributed by atoms with Gasteiger partial charge in [-0.3, -0.25) is 4.79 Å². The van der Waals surface area contributed by atoms with Gasteiger partial charge in [0, 0.05) is 35.3 Å². The van der Waals surface area contributed by atoms with Crippen molar-refractivity contribution in [2.45, 2.75) is 60.4 Å². The SMILES string of the molecule is CCN=c1n(CC(=O)c2cc(OCCO)c(OC)c(C(C)(C)C)c2)nc2c(C)c(C)c(OC(=O)NCC)nn12.Cl. The van der Waals surface area contributed by atoms with E-state index in [4.69, 9.17) is 14.2 Å². The van der Waals surface area contributed by atoms with Crippen LogP contribution in [0.1, 0.15) is 61.7 Å². The van der Waals surface area contributed by atoms with Crippen molar-refractivity contribution in [3.05, 3.63) is 40.0 Å². The van der Waals surface area contributed by atoms with E-state index in [9.17, 15) is 14.7 Å². The molecule has 0 saturated carbocycles. The van der Waals surface area contributed by atoms with Gasteiger partial charge in [0.2, 0.25) is 11.5 Å². The number of nitrogens with one attached hydrogen (secondary N) is 1. The van der Waals surface area contributed by atoms with Crippen LogP contribution in [0.4, 0.5) is 4.79 Å². The van der Waals surface area contributed by atoms with Crippen LogP contribution in [0.3, 0.4) is 0 Å². The highest BCUT2D eigenvalue weighted by Crippen LogP contribution is 2.40. The number of Topliss-reactive ketones (excluding diaryl/α,β-unsaturated/α-hetero) is 1. The average Bonchev–Trinajstić information content (AvgIpc) is 3.21. The van der Waals surface area contributed by atoms with Crippen molar-refractivity contribution in [2.75, 3.05) is 33.4 Å². The van der Waals surface area contributed by atoms with Crippen LogP contribution in [0.25, 0.3) is 5.65 Å². The van der Waals surface area contributed by atoms with Gasteiger partial charge in [-0.05, 0) is 45.2 Å². The number of hydrogen-bond donors (Lipinski definition) is 2. The topological polar surface area (TPSA) is 142 Å². The standard InChI is InChI=1S/C27H38N6O6.ClH/c1-9-28-25-32(30-23-16(3)17(4)24(31-33(23)25)39-26(36)29-10-2)15-20(35)18-13-19(27(5,6)7)22(37-8)21(14-18)38-12-11-34;/h13-14,34H,9-12,15H2,1-8H3,(H,29,36);1H. The Labute approximate surface area is 239 Å². The van der Waals surface area contributed by atoms with Crippen molar-refractivity contribution >= 4 is 29.9 Å². The molecule has 0 spiro atoms. The summed E-state index contributed by atoms with van der Waals surface area (Å²) in [4.78, 5) is 30.2. The molecule has 0 aliphatic carbocycles. The molecule has 0 aliphatic rings. The maximum absolute atomic E-state index is 13.6. The Morgan fingerprint density at radius 3 is 2.40 bits per heavy atom. The van der Waals surface area contributed by atoms with Gasteiger partial charge in [-0.25, -0.2) is 14.5 Å². The molecule has 0 bridgehead atoms. The van der Waals surface area contributed by atoms with E-state index in [-0.39, 0.29) is 49.2 Å². The summed E-state index contributed by atoms with van der Waals surface area (Å²) in [6.07, 6.45) is -0.614. The lowest BCUT2D eigenvalue weighted by atomic mass is 9.84. The normalized spacial score (nSPS) is 11.8. The van der Waals surface area contributed by atoms with Gasteiger partial charge in [0.1, 0.15) is 13.2 Å². The number of nitrogens with zero attached hydrogens (tertiary/aromatic N) is 5. The number of halogens is 1. The predicted molar refractivity (Wildman–Crippen MR) is 152 cm³/mol. The summed E-state index contributed by atoms with van der Waals surface area (Å²) < 4.78 is 19.7. The van der Waals surface area contributed by atoms with E-state index in [0.29, 0.717) is 47.0 Å². The Kier molecular flexibility index (Phi) is 11.1. The zero-order valence-corrected chi connectivity index (χ0v) is 25.1. The van der Waals surface area contributed by atoms with E-state index in [1.54, 1.807) is 33.1 Å². The molecule has 220 valence electrons. The smallest absolute Gasteiger partial charge is 0.413 e. The first-order valence-electron chi connectivity index (χ1n) is 12.9. The minimum Gasteiger partial charge on any atom is -0.493 e. The summed E-state index contributed by atoms with van der Waals surface area (Å²) >= 11 is 0. The molecule has 0 fully saturated rings. The second-order valence-corrected chi connectivity index (χ2v) is 9.94. The highest BCUT2D eigenvalue weighted by Gasteiger charge is 2.26.